The Bertz CT molecular complexity index is 384. The fourth-order valence-corrected chi connectivity index (χ4v) is 4.55. The fraction of sp³-hybridized carbons (Fsp3) is 0.941. The zero-order valence-corrected chi connectivity index (χ0v) is 13.8. The quantitative estimate of drug-likeness (QED) is 0.844. The SMILES string of the molecule is CCCCC1NC(C(C)C)N(C2CCN3CCCC23)C1=O. The lowest BCUT2D eigenvalue weighted by Crippen LogP contribution is -2.51. The number of fused-ring (bicyclic) bond motifs is 1. The van der Waals surface area contributed by atoms with E-state index < -0.39 is 0 Å². The van der Waals surface area contributed by atoms with Gasteiger partial charge in [-0.1, -0.05) is 33.6 Å². The van der Waals surface area contributed by atoms with Crippen molar-refractivity contribution in [1.29, 1.82) is 0 Å². The van der Waals surface area contributed by atoms with Crippen molar-refractivity contribution in [2.24, 2.45) is 5.92 Å². The van der Waals surface area contributed by atoms with Crippen molar-refractivity contribution in [1.82, 2.24) is 15.1 Å². The van der Waals surface area contributed by atoms with E-state index in [1.165, 1.54) is 32.4 Å². The van der Waals surface area contributed by atoms with E-state index in [4.69, 9.17) is 0 Å². The molecule has 0 aromatic rings. The Morgan fingerprint density at radius 3 is 2.76 bits per heavy atom. The van der Waals surface area contributed by atoms with Crippen LogP contribution >= 0.6 is 0 Å². The third-order valence-electron chi connectivity index (χ3n) is 5.63. The summed E-state index contributed by atoms with van der Waals surface area (Å²) in [6.45, 7) is 9.10. The summed E-state index contributed by atoms with van der Waals surface area (Å²) in [6.07, 6.45) is 7.30. The Balaban J connectivity index is 1.76. The molecule has 4 nitrogen and oxygen atoms in total. The van der Waals surface area contributed by atoms with Crippen LogP contribution in [0.3, 0.4) is 0 Å². The molecule has 0 saturated carbocycles. The van der Waals surface area contributed by atoms with Gasteiger partial charge in [-0.3, -0.25) is 15.0 Å². The average Bonchev–Trinajstić information content (AvgIpc) is 3.11. The topological polar surface area (TPSA) is 35.6 Å². The first kappa shape index (κ1) is 15.3. The van der Waals surface area contributed by atoms with Gasteiger partial charge in [0, 0.05) is 12.6 Å². The highest BCUT2D eigenvalue weighted by atomic mass is 16.2. The first-order valence-electron chi connectivity index (χ1n) is 8.95. The molecule has 3 aliphatic rings. The van der Waals surface area contributed by atoms with Gasteiger partial charge in [0.25, 0.3) is 0 Å². The monoisotopic (exact) mass is 293 g/mol. The molecule has 1 N–H and O–H groups in total. The van der Waals surface area contributed by atoms with Gasteiger partial charge in [-0.25, -0.2) is 0 Å². The zero-order valence-electron chi connectivity index (χ0n) is 13.8. The van der Waals surface area contributed by atoms with E-state index in [0.717, 1.165) is 19.3 Å². The van der Waals surface area contributed by atoms with Crippen LogP contribution in [-0.4, -0.2) is 53.1 Å². The van der Waals surface area contributed by atoms with Crippen molar-refractivity contribution in [2.75, 3.05) is 13.1 Å². The summed E-state index contributed by atoms with van der Waals surface area (Å²) in [7, 11) is 0. The van der Waals surface area contributed by atoms with Crippen LogP contribution in [0.4, 0.5) is 0 Å². The molecule has 0 radical (unpaired) electrons. The van der Waals surface area contributed by atoms with Gasteiger partial charge in [0.15, 0.2) is 0 Å². The number of rotatable bonds is 5. The Morgan fingerprint density at radius 2 is 2.05 bits per heavy atom. The number of carbonyl (C=O) groups is 1. The molecule has 3 fully saturated rings. The summed E-state index contributed by atoms with van der Waals surface area (Å²) in [5.41, 5.74) is 0. The van der Waals surface area contributed by atoms with Crippen molar-refractivity contribution >= 4 is 5.91 Å². The molecule has 0 aromatic heterocycles. The molecule has 3 saturated heterocycles. The van der Waals surface area contributed by atoms with E-state index in [-0.39, 0.29) is 12.2 Å². The number of carbonyl (C=O) groups excluding carboxylic acids is 1. The molecule has 3 aliphatic heterocycles. The van der Waals surface area contributed by atoms with Gasteiger partial charge in [-0.05, 0) is 38.1 Å². The highest BCUT2D eigenvalue weighted by molar-refractivity contribution is 5.84. The Kier molecular flexibility index (Phi) is 4.55. The van der Waals surface area contributed by atoms with Crippen LogP contribution in [0.1, 0.15) is 59.3 Å². The van der Waals surface area contributed by atoms with Gasteiger partial charge in [0.1, 0.15) is 0 Å². The second kappa shape index (κ2) is 6.25. The van der Waals surface area contributed by atoms with Crippen LogP contribution in [0.5, 0.6) is 0 Å². The van der Waals surface area contributed by atoms with Gasteiger partial charge < -0.3 is 4.90 Å². The summed E-state index contributed by atoms with van der Waals surface area (Å²) in [6, 6.07) is 1.14. The molecule has 120 valence electrons. The second-order valence-electron chi connectivity index (χ2n) is 7.40. The average molecular weight is 293 g/mol. The van der Waals surface area contributed by atoms with Gasteiger partial charge in [0.2, 0.25) is 5.91 Å². The van der Waals surface area contributed by atoms with Crippen LogP contribution in [0.15, 0.2) is 0 Å². The van der Waals surface area contributed by atoms with Crippen LogP contribution in [0.25, 0.3) is 0 Å². The van der Waals surface area contributed by atoms with Crippen LogP contribution in [0.2, 0.25) is 0 Å². The summed E-state index contributed by atoms with van der Waals surface area (Å²) in [5, 5.41) is 3.64. The first-order valence-corrected chi connectivity index (χ1v) is 8.95. The molecule has 21 heavy (non-hydrogen) atoms. The number of hydrogen-bond acceptors (Lipinski definition) is 3. The summed E-state index contributed by atoms with van der Waals surface area (Å²) >= 11 is 0. The summed E-state index contributed by atoms with van der Waals surface area (Å²) < 4.78 is 0. The lowest BCUT2D eigenvalue weighted by atomic mass is 10.0. The Morgan fingerprint density at radius 1 is 1.24 bits per heavy atom. The Labute approximate surface area is 129 Å². The molecule has 0 aliphatic carbocycles. The van der Waals surface area contributed by atoms with Crippen molar-refractivity contribution < 1.29 is 4.79 Å². The molecule has 1 amide bonds. The number of hydrogen-bond donors (Lipinski definition) is 1. The van der Waals surface area contributed by atoms with Crippen molar-refractivity contribution in [3.8, 4) is 0 Å². The minimum absolute atomic E-state index is 0.0628. The lowest BCUT2D eigenvalue weighted by molar-refractivity contribution is -0.133. The molecular weight excluding hydrogens is 262 g/mol. The van der Waals surface area contributed by atoms with E-state index in [2.05, 4.69) is 35.9 Å². The lowest BCUT2D eigenvalue weighted by Gasteiger charge is -2.35. The maximum atomic E-state index is 12.9. The molecule has 0 bridgehead atoms. The van der Waals surface area contributed by atoms with E-state index in [0.29, 0.717) is 23.9 Å². The van der Waals surface area contributed by atoms with Gasteiger partial charge in [-0.2, -0.15) is 0 Å². The van der Waals surface area contributed by atoms with Crippen molar-refractivity contribution in [3.63, 3.8) is 0 Å². The van der Waals surface area contributed by atoms with Crippen LogP contribution in [-0.2, 0) is 4.79 Å². The molecule has 0 spiro atoms. The fourth-order valence-electron chi connectivity index (χ4n) is 4.55. The molecule has 3 rings (SSSR count). The maximum Gasteiger partial charge on any atom is 0.241 e. The molecule has 0 aromatic carbocycles. The van der Waals surface area contributed by atoms with E-state index >= 15 is 0 Å². The number of nitrogens with one attached hydrogen (secondary N) is 1. The summed E-state index contributed by atoms with van der Waals surface area (Å²) in [4.78, 5) is 17.8. The van der Waals surface area contributed by atoms with E-state index in [9.17, 15) is 4.79 Å². The predicted molar refractivity (Wildman–Crippen MR) is 84.9 cm³/mol. The van der Waals surface area contributed by atoms with Crippen molar-refractivity contribution in [2.45, 2.75) is 83.6 Å². The van der Waals surface area contributed by atoms with E-state index in [1.807, 2.05) is 0 Å². The third-order valence-corrected chi connectivity index (χ3v) is 5.63. The minimum Gasteiger partial charge on any atom is -0.321 e. The molecule has 4 unspecified atom stereocenters. The largest absolute Gasteiger partial charge is 0.321 e. The van der Waals surface area contributed by atoms with Crippen LogP contribution in [0, 0.1) is 5.92 Å². The summed E-state index contributed by atoms with van der Waals surface area (Å²) in [5.74, 6) is 0.858. The molecule has 4 atom stereocenters. The van der Waals surface area contributed by atoms with Crippen LogP contribution < -0.4 is 5.32 Å². The molecule has 4 heteroatoms. The number of nitrogens with zero attached hydrogens (tertiary/aromatic N) is 2. The predicted octanol–water partition coefficient (Wildman–Crippen LogP) is 2.20. The highest BCUT2D eigenvalue weighted by Crippen LogP contribution is 2.35. The first-order chi connectivity index (χ1) is 10.1. The normalized spacial score (nSPS) is 37.0. The second-order valence-corrected chi connectivity index (χ2v) is 7.40. The maximum absolute atomic E-state index is 12.9. The molecular formula is C17H31N3O. The smallest absolute Gasteiger partial charge is 0.241 e. The number of unbranched alkanes of at least 4 members (excludes halogenated alkanes) is 1. The highest BCUT2D eigenvalue weighted by Gasteiger charge is 2.49. The van der Waals surface area contributed by atoms with Gasteiger partial charge in [-0.15, -0.1) is 0 Å². The van der Waals surface area contributed by atoms with E-state index in [1.54, 1.807) is 0 Å². The standard InChI is InChI=1S/C17H31N3O/c1-4-5-7-13-17(21)20(16(18-13)12(2)3)15-9-11-19-10-6-8-14(15)19/h12-16,18H,4-11H2,1-3H3. The minimum atomic E-state index is 0.0628. The number of amides is 1. The zero-order chi connectivity index (χ0) is 15.0. The Hall–Kier alpha value is -0.610. The van der Waals surface area contributed by atoms with Crippen molar-refractivity contribution in [3.05, 3.63) is 0 Å². The molecule has 3 heterocycles. The van der Waals surface area contributed by atoms with Gasteiger partial charge in [0.05, 0.1) is 18.2 Å². The van der Waals surface area contributed by atoms with Gasteiger partial charge >= 0.3 is 0 Å². The third kappa shape index (κ3) is 2.72.